The van der Waals surface area contributed by atoms with Gasteiger partial charge < -0.3 is 10.6 Å². The van der Waals surface area contributed by atoms with Crippen molar-refractivity contribution in [1.82, 2.24) is 5.32 Å². The van der Waals surface area contributed by atoms with Crippen molar-refractivity contribution in [2.75, 3.05) is 30.0 Å². The fourth-order valence-corrected chi connectivity index (χ4v) is 6.84. The van der Waals surface area contributed by atoms with Gasteiger partial charge in [0.1, 0.15) is 0 Å². The first-order chi connectivity index (χ1) is 15.2. The number of rotatable bonds is 9. The Hall–Kier alpha value is -2.05. The second-order valence-corrected chi connectivity index (χ2v) is 11.2. The van der Waals surface area contributed by atoms with Gasteiger partial charge in [-0.05, 0) is 61.2 Å². The lowest BCUT2D eigenvalue weighted by molar-refractivity contribution is 0.278. The molecule has 0 amide bonds. The number of hydrogen-bond donors (Lipinski definition) is 2. The first-order valence-electron chi connectivity index (χ1n) is 12.0. The predicted molar refractivity (Wildman–Crippen MR) is 135 cm³/mol. The van der Waals surface area contributed by atoms with E-state index in [1.807, 2.05) is 43.4 Å². The Kier molecular flexibility index (Phi) is 7.88. The van der Waals surface area contributed by atoms with Crippen LogP contribution < -0.4 is 16.0 Å². The molecule has 1 aliphatic heterocycles. The monoisotopic (exact) mass is 457 g/mol. The highest BCUT2D eigenvalue weighted by molar-refractivity contribution is 7.91. The van der Waals surface area contributed by atoms with Crippen molar-refractivity contribution in [2.24, 2.45) is 0 Å². The van der Waals surface area contributed by atoms with Crippen LogP contribution in [0.4, 0.5) is 11.4 Å². The molecule has 5 nitrogen and oxygen atoms in total. The standard InChI is InChI=1S/C26H39N3O2S/c1-5-8-15-26(16-9-6-2)19-32(30,31)24-14-13-22(29(4)7-3)18-23(24)25(28-26)20-11-10-12-21(27)17-20/h10-14,17-18,25,28H,5-9,15-16,19,27H2,1-4H3. The maximum absolute atomic E-state index is 13.8. The van der Waals surface area contributed by atoms with Crippen molar-refractivity contribution in [3.63, 3.8) is 0 Å². The molecule has 1 unspecified atom stereocenters. The molecular formula is C26H39N3O2S. The molecule has 1 heterocycles. The number of nitrogen functional groups attached to an aromatic ring is 1. The highest BCUT2D eigenvalue weighted by Gasteiger charge is 2.42. The molecular weight excluding hydrogens is 418 g/mol. The number of hydrogen-bond acceptors (Lipinski definition) is 5. The number of nitrogens with one attached hydrogen (secondary N) is 1. The lowest BCUT2D eigenvalue weighted by atomic mass is 9.86. The summed E-state index contributed by atoms with van der Waals surface area (Å²) in [5, 5.41) is 3.89. The van der Waals surface area contributed by atoms with Crippen LogP contribution in [0.5, 0.6) is 0 Å². The minimum absolute atomic E-state index is 0.134. The van der Waals surface area contributed by atoms with E-state index in [0.717, 1.165) is 61.9 Å². The van der Waals surface area contributed by atoms with Crippen LogP contribution in [0.25, 0.3) is 0 Å². The fraction of sp³-hybridized carbons (Fsp3) is 0.538. The maximum atomic E-state index is 13.8. The Labute approximate surface area is 194 Å². The third-order valence-corrected chi connectivity index (χ3v) is 8.71. The number of fused-ring (bicyclic) bond motifs is 1. The number of nitrogens with zero attached hydrogens (tertiary/aromatic N) is 1. The zero-order chi connectivity index (χ0) is 23.4. The molecule has 6 heteroatoms. The van der Waals surface area contributed by atoms with E-state index < -0.39 is 15.4 Å². The molecule has 2 aromatic carbocycles. The molecule has 0 saturated carbocycles. The summed E-state index contributed by atoms with van der Waals surface area (Å²) in [5.74, 6) is 0.134. The molecule has 0 fully saturated rings. The second kappa shape index (κ2) is 10.3. The van der Waals surface area contributed by atoms with Crippen LogP contribution in [0, 0.1) is 0 Å². The van der Waals surface area contributed by atoms with Crippen LogP contribution in [0.3, 0.4) is 0 Å². The van der Waals surface area contributed by atoms with E-state index in [1.54, 1.807) is 0 Å². The Balaban J connectivity index is 2.23. The van der Waals surface area contributed by atoms with Crippen molar-refractivity contribution in [2.45, 2.75) is 75.8 Å². The highest BCUT2D eigenvalue weighted by Crippen LogP contribution is 2.40. The third kappa shape index (κ3) is 5.29. The van der Waals surface area contributed by atoms with E-state index in [-0.39, 0.29) is 11.8 Å². The first-order valence-corrected chi connectivity index (χ1v) is 13.6. The van der Waals surface area contributed by atoms with E-state index >= 15 is 0 Å². The van der Waals surface area contributed by atoms with Gasteiger partial charge in [0.05, 0.1) is 16.7 Å². The van der Waals surface area contributed by atoms with E-state index in [4.69, 9.17) is 5.73 Å². The molecule has 3 N–H and O–H groups in total. The van der Waals surface area contributed by atoms with Gasteiger partial charge in [-0.15, -0.1) is 0 Å². The Morgan fingerprint density at radius 2 is 1.75 bits per heavy atom. The van der Waals surface area contributed by atoms with Gasteiger partial charge in [0.15, 0.2) is 9.84 Å². The average molecular weight is 458 g/mol. The van der Waals surface area contributed by atoms with Crippen molar-refractivity contribution >= 4 is 21.2 Å². The SMILES string of the molecule is CCCCC1(CCCC)CS(=O)(=O)c2ccc(N(C)CC)cc2C(c2cccc(N)c2)N1. The zero-order valence-electron chi connectivity index (χ0n) is 20.0. The first kappa shape index (κ1) is 24.6. The number of unbranched alkanes of at least 4 members (excludes halogenated alkanes) is 2. The van der Waals surface area contributed by atoms with Crippen LogP contribution >= 0.6 is 0 Å². The lowest BCUT2D eigenvalue weighted by Gasteiger charge is -2.37. The highest BCUT2D eigenvalue weighted by atomic mass is 32.2. The summed E-state index contributed by atoms with van der Waals surface area (Å²) in [5.41, 5.74) is 9.23. The normalized spacial score (nSPS) is 19.2. The van der Waals surface area contributed by atoms with E-state index in [9.17, 15) is 8.42 Å². The summed E-state index contributed by atoms with van der Waals surface area (Å²) >= 11 is 0. The van der Waals surface area contributed by atoms with Crippen LogP contribution in [0.1, 0.15) is 76.5 Å². The molecule has 0 radical (unpaired) electrons. The molecule has 1 atom stereocenters. The van der Waals surface area contributed by atoms with Crippen molar-refractivity contribution in [1.29, 1.82) is 0 Å². The Morgan fingerprint density at radius 3 is 2.34 bits per heavy atom. The third-order valence-electron chi connectivity index (χ3n) is 6.73. The molecule has 0 bridgehead atoms. The lowest BCUT2D eigenvalue weighted by Crippen LogP contribution is -2.50. The predicted octanol–water partition coefficient (Wildman–Crippen LogP) is 5.31. The quantitative estimate of drug-likeness (QED) is 0.499. The van der Waals surface area contributed by atoms with Gasteiger partial charge in [0.2, 0.25) is 0 Å². The molecule has 3 rings (SSSR count). The number of sulfone groups is 1. The van der Waals surface area contributed by atoms with Gasteiger partial charge in [-0.25, -0.2) is 8.42 Å². The maximum Gasteiger partial charge on any atom is 0.180 e. The second-order valence-electron chi connectivity index (χ2n) is 9.23. The topological polar surface area (TPSA) is 75.4 Å². The van der Waals surface area contributed by atoms with Crippen molar-refractivity contribution < 1.29 is 8.42 Å². The van der Waals surface area contributed by atoms with E-state index in [0.29, 0.717) is 10.6 Å². The van der Waals surface area contributed by atoms with Crippen LogP contribution in [0.2, 0.25) is 0 Å². The zero-order valence-corrected chi connectivity index (χ0v) is 20.8. The minimum atomic E-state index is -3.46. The minimum Gasteiger partial charge on any atom is -0.399 e. The summed E-state index contributed by atoms with van der Waals surface area (Å²) in [4.78, 5) is 2.58. The average Bonchev–Trinajstić information content (AvgIpc) is 2.88. The summed E-state index contributed by atoms with van der Waals surface area (Å²) in [7, 11) is -1.43. The molecule has 1 aliphatic rings. The molecule has 32 heavy (non-hydrogen) atoms. The van der Waals surface area contributed by atoms with Gasteiger partial charge in [-0.3, -0.25) is 5.32 Å². The summed E-state index contributed by atoms with van der Waals surface area (Å²) in [6, 6.07) is 13.4. The summed E-state index contributed by atoms with van der Waals surface area (Å²) in [6.45, 7) is 7.26. The number of benzene rings is 2. The van der Waals surface area contributed by atoms with E-state index in [2.05, 4.69) is 37.1 Å². The Bertz CT molecular complexity index is 1010. The summed E-state index contributed by atoms with van der Waals surface area (Å²) < 4.78 is 27.5. The largest absolute Gasteiger partial charge is 0.399 e. The van der Waals surface area contributed by atoms with Gasteiger partial charge in [-0.1, -0.05) is 51.7 Å². The van der Waals surface area contributed by atoms with E-state index in [1.165, 1.54) is 0 Å². The van der Waals surface area contributed by atoms with Crippen LogP contribution in [0.15, 0.2) is 47.4 Å². The Morgan fingerprint density at radius 1 is 1.06 bits per heavy atom. The molecule has 0 aliphatic carbocycles. The van der Waals surface area contributed by atoms with Gasteiger partial charge in [0.25, 0.3) is 0 Å². The molecule has 2 aromatic rings. The number of anilines is 2. The van der Waals surface area contributed by atoms with Gasteiger partial charge in [-0.2, -0.15) is 0 Å². The van der Waals surface area contributed by atoms with Crippen molar-refractivity contribution in [3.8, 4) is 0 Å². The van der Waals surface area contributed by atoms with Gasteiger partial charge in [0, 0.05) is 30.5 Å². The number of nitrogens with two attached hydrogens (primary N) is 1. The summed E-state index contributed by atoms with van der Waals surface area (Å²) in [6.07, 6.45) is 5.76. The van der Waals surface area contributed by atoms with Crippen LogP contribution in [-0.4, -0.2) is 33.3 Å². The fourth-order valence-electron chi connectivity index (χ4n) is 4.78. The smallest absolute Gasteiger partial charge is 0.180 e. The van der Waals surface area contributed by atoms with Gasteiger partial charge >= 0.3 is 0 Å². The van der Waals surface area contributed by atoms with Crippen LogP contribution in [-0.2, 0) is 9.84 Å². The molecule has 0 saturated heterocycles. The van der Waals surface area contributed by atoms with Crippen molar-refractivity contribution in [3.05, 3.63) is 53.6 Å². The molecule has 0 spiro atoms. The molecule has 176 valence electrons. The molecule has 0 aromatic heterocycles.